The molecule has 1 aliphatic rings. The average Bonchev–Trinajstić information content (AvgIpc) is 2.80. The van der Waals surface area contributed by atoms with Crippen LogP contribution in [0.4, 0.5) is 18.9 Å². The second-order valence-corrected chi connectivity index (χ2v) is 7.90. The molecule has 1 fully saturated rings. The monoisotopic (exact) mass is 466 g/mol. The van der Waals surface area contributed by atoms with Crippen molar-refractivity contribution in [1.29, 1.82) is 0 Å². The Morgan fingerprint density at radius 3 is 2.30 bits per heavy atom. The predicted octanol–water partition coefficient (Wildman–Crippen LogP) is 4.37. The number of hydrogen-bond donors (Lipinski definition) is 0. The van der Waals surface area contributed by atoms with Gasteiger partial charge < -0.3 is 19.1 Å². The summed E-state index contributed by atoms with van der Waals surface area (Å²) in [6, 6.07) is 10.8. The first-order valence-electron chi connectivity index (χ1n) is 10.7. The molecule has 0 spiro atoms. The topological polar surface area (TPSA) is 51.2 Å². The number of nitrogens with zero attached hydrogens (tertiary/aromatic N) is 2. The van der Waals surface area contributed by atoms with Crippen LogP contribution in [0.1, 0.15) is 24.0 Å². The lowest BCUT2D eigenvalue weighted by atomic mass is 10.00. The Bertz CT molecular complexity index is 944. The summed E-state index contributed by atoms with van der Waals surface area (Å²) in [5, 5.41) is 0. The van der Waals surface area contributed by atoms with Crippen molar-refractivity contribution in [1.82, 2.24) is 4.90 Å². The van der Waals surface area contributed by atoms with E-state index in [-0.39, 0.29) is 30.7 Å². The average molecular weight is 467 g/mol. The molecule has 1 saturated heterocycles. The zero-order valence-electron chi connectivity index (χ0n) is 19.0. The molecule has 0 unspecified atom stereocenters. The molecule has 2 aromatic carbocycles. The van der Waals surface area contributed by atoms with E-state index >= 15 is 0 Å². The van der Waals surface area contributed by atoms with Crippen LogP contribution in [0.5, 0.6) is 11.5 Å². The van der Waals surface area contributed by atoms with Crippen molar-refractivity contribution in [3.63, 3.8) is 0 Å². The summed E-state index contributed by atoms with van der Waals surface area (Å²) in [6.07, 6.45) is -3.14. The number of alkyl halides is 3. The Kier molecular flexibility index (Phi) is 8.20. The van der Waals surface area contributed by atoms with Crippen LogP contribution in [-0.2, 0) is 22.3 Å². The zero-order valence-corrected chi connectivity index (χ0v) is 19.0. The van der Waals surface area contributed by atoms with Gasteiger partial charge in [-0.2, -0.15) is 13.2 Å². The number of benzene rings is 2. The van der Waals surface area contributed by atoms with Crippen molar-refractivity contribution in [3.05, 3.63) is 53.6 Å². The molecule has 0 N–H and O–H groups in total. The summed E-state index contributed by atoms with van der Waals surface area (Å²) in [4.78, 5) is 16.6. The number of likely N-dealkylation sites (tertiary alicyclic amines) is 1. The number of hydrogen-bond acceptors (Lipinski definition) is 5. The SMILES string of the molecule is COCC(=O)N(c1ccc(OC)c(OC)c1)C1CCN(Cc2ccccc2C(F)(F)F)CC1. The van der Waals surface area contributed by atoms with Crippen LogP contribution in [0.3, 0.4) is 0 Å². The molecule has 180 valence electrons. The Morgan fingerprint density at radius 1 is 1.03 bits per heavy atom. The molecular weight excluding hydrogens is 437 g/mol. The molecule has 0 bridgehead atoms. The van der Waals surface area contributed by atoms with E-state index in [1.807, 2.05) is 4.90 Å². The fourth-order valence-corrected chi connectivity index (χ4v) is 4.24. The fraction of sp³-hybridized carbons (Fsp3) is 0.458. The highest BCUT2D eigenvalue weighted by Crippen LogP contribution is 2.35. The molecule has 0 saturated carbocycles. The molecule has 9 heteroatoms. The molecular formula is C24H29F3N2O4. The molecule has 33 heavy (non-hydrogen) atoms. The third-order valence-electron chi connectivity index (χ3n) is 5.82. The van der Waals surface area contributed by atoms with Crippen molar-refractivity contribution in [2.45, 2.75) is 31.6 Å². The Hall–Kier alpha value is -2.78. The maximum atomic E-state index is 13.3. The van der Waals surface area contributed by atoms with E-state index in [2.05, 4.69) is 0 Å². The molecule has 0 aliphatic carbocycles. The van der Waals surface area contributed by atoms with Crippen LogP contribution in [0.15, 0.2) is 42.5 Å². The number of ether oxygens (including phenoxy) is 3. The van der Waals surface area contributed by atoms with E-state index in [0.717, 1.165) is 6.07 Å². The molecule has 0 radical (unpaired) electrons. The van der Waals surface area contributed by atoms with Crippen LogP contribution in [-0.4, -0.2) is 57.9 Å². The fourth-order valence-electron chi connectivity index (χ4n) is 4.24. The van der Waals surface area contributed by atoms with Crippen LogP contribution in [0.2, 0.25) is 0 Å². The number of anilines is 1. The molecule has 0 aromatic heterocycles. The minimum absolute atomic E-state index is 0.0759. The van der Waals surface area contributed by atoms with Gasteiger partial charge in [0.15, 0.2) is 11.5 Å². The summed E-state index contributed by atoms with van der Waals surface area (Å²) in [5.74, 6) is 0.871. The quantitative estimate of drug-likeness (QED) is 0.579. The lowest BCUT2D eigenvalue weighted by Crippen LogP contribution is -2.48. The third kappa shape index (κ3) is 5.97. The maximum absolute atomic E-state index is 13.3. The van der Waals surface area contributed by atoms with Gasteiger partial charge in [-0.05, 0) is 36.6 Å². The van der Waals surface area contributed by atoms with Crippen LogP contribution in [0, 0.1) is 0 Å². The second kappa shape index (κ2) is 10.9. The number of carbonyl (C=O) groups is 1. The van der Waals surface area contributed by atoms with E-state index < -0.39 is 11.7 Å². The van der Waals surface area contributed by atoms with Crippen LogP contribution < -0.4 is 14.4 Å². The molecule has 1 amide bonds. The summed E-state index contributed by atoms with van der Waals surface area (Å²) in [6.45, 7) is 1.28. The summed E-state index contributed by atoms with van der Waals surface area (Å²) in [7, 11) is 4.53. The smallest absolute Gasteiger partial charge is 0.416 e. The first-order valence-corrected chi connectivity index (χ1v) is 10.7. The van der Waals surface area contributed by atoms with Gasteiger partial charge >= 0.3 is 6.18 Å². The molecule has 6 nitrogen and oxygen atoms in total. The second-order valence-electron chi connectivity index (χ2n) is 7.90. The minimum Gasteiger partial charge on any atom is -0.493 e. The van der Waals surface area contributed by atoms with Gasteiger partial charge in [0.2, 0.25) is 0 Å². The number of amides is 1. The van der Waals surface area contributed by atoms with Gasteiger partial charge in [0, 0.05) is 44.5 Å². The maximum Gasteiger partial charge on any atom is 0.416 e. The Labute approximate surface area is 191 Å². The van der Waals surface area contributed by atoms with Crippen LogP contribution in [0.25, 0.3) is 0 Å². The standard InChI is InChI=1S/C24H29F3N2O4/c1-31-16-23(30)29(19-8-9-21(32-2)22(14-19)33-3)18-10-12-28(13-11-18)15-17-6-4-5-7-20(17)24(25,26)27/h4-9,14,18H,10-13,15-16H2,1-3H3. The molecule has 2 aromatic rings. The van der Waals surface area contributed by atoms with Crippen molar-refractivity contribution >= 4 is 11.6 Å². The lowest BCUT2D eigenvalue weighted by Gasteiger charge is -2.39. The number of carbonyl (C=O) groups excluding carboxylic acids is 1. The highest BCUT2D eigenvalue weighted by atomic mass is 19.4. The highest BCUT2D eigenvalue weighted by Gasteiger charge is 2.34. The van der Waals surface area contributed by atoms with E-state index in [1.165, 1.54) is 33.5 Å². The van der Waals surface area contributed by atoms with Gasteiger partial charge in [0.25, 0.3) is 5.91 Å². The number of halogens is 3. The molecule has 1 heterocycles. The minimum atomic E-state index is -4.38. The van der Waals surface area contributed by atoms with E-state index in [4.69, 9.17) is 14.2 Å². The first kappa shape index (κ1) is 24.9. The predicted molar refractivity (Wildman–Crippen MR) is 119 cm³/mol. The van der Waals surface area contributed by atoms with Gasteiger partial charge in [-0.1, -0.05) is 18.2 Å². The van der Waals surface area contributed by atoms with Crippen molar-refractivity contribution < 1.29 is 32.2 Å². The van der Waals surface area contributed by atoms with Gasteiger partial charge in [-0.25, -0.2) is 0 Å². The van der Waals surface area contributed by atoms with Gasteiger partial charge in [0.1, 0.15) is 6.61 Å². The normalized spacial score (nSPS) is 15.3. The summed E-state index contributed by atoms with van der Waals surface area (Å²) >= 11 is 0. The summed E-state index contributed by atoms with van der Waals surface area (Å²) in [5.41, 5.74) is 0.320. The van der Waals surface area contributed by atoms with E-state index in [9.17, 15) is 18.0 Å². The molecule has 3 rings (SSSR count). The zero-order chi connectivity index (χ0) is 24.0. The molecule has 1 aliphatic heterocycles. The van der Waals surface area contributed by atoms with Crippen LogP contribution >= 0.6 is 0 Å². The van der Waals surface area contributed by atoms with Crippen molar-refractivity contribution in [2.24, 2.45) is 0 Å². The number of rotatable bonds is 8. The van der Waals surface area contributed by atoms with Gasteiger partial charge in [0.05, 0.1) is 19.8 Å². The number of piperidine rings is 1. The highest BCUT2D eigenvalue weighted by molar-refractivity contribution is 5.95. The molecule has 0 atom stereocenters. The van der Waals surface area contributed by atoms with Gasteiger partial charge in [-0.3, -0.25) is 9.69 Å². The Morgan fingerprint density at radius 2 is 1.70 bits per heavy atom. The number of methoxy groups -OCH3 is 3. The van der Waals surface area contributed by atoms with E-state index in [1.54, 1.807) is 29.2 Å². The lowest BCUT2D eigenvalue weighted by molar-refractivity contribution is -0.138. The largest absolute Gasteiger partial charge is 0.493 e. The van der Waals surface area contributed by atoms with E-state index in [0.29, 0.717) is 43.1 Å². The van der Waals surface area contributed by atoms with Gasteiger partial charge in [-0.15, -0.1) is 0 Å². The Balaban J connectivity index is 1.75. The van der Waals surface area contributed by atoms with Crippen molar-refractivity contribution in [2.75, 3.05) is 45.9 Å². The third-order valence-corrected chi connectivity index (χ3v) is 5.82. The summed E-state index contributed by atoms with van der Waals surface area (Å²) < 4.78 is 55.8. The van der Waals surface area contributed by atoms with Crippen molar-refractivity contribution in [3.8, 4) is 11.5 Å². The first-order chi connectivity index (χ1) is 15.8.